The Morgan fingerprint density at radius 2 is 2.00 bits per heavy atom. The van der Waals surface area contributed by atoms with E-state index in [4.69, 9.17) is 4.74 Å². The SMILES string of the molecule is CCCNC(CCC1CC1)C(C)(C)OCC. The fourth-order valence-corrected chi connectivity index (χ4v) is 2.30. The summed E-state index contributed by atoms with van der Waals surface area (Å²) in [5.74, 6) is 1.02. The predicted molar refractivity (Wildman–Crippen MR) is 69.7 cm³/mol. The van der Waals surface area contributed by atoms with Gasteiger partial charge in [0, 0.05) is 12.6 Å². The van der Waals surface area contributed by atoms with Crippen LogP contribution in [-0.2, 0) is 4.74 Å². The minimum Gasteiger partial charge on any atom is -0.374 e. The van der Waals surface area contributed by atoms with Crippen molar-refractivity contribution in [1.82, 2.24) is 5.32 Å². The first-order valence-corrected chi connectivity index (χ1v) is 6.97. The van der Waals surface area contributed by atoms with Gasteiger partial charge >= 0.3 is 0 Å². The zero-order chi connectivity index (χ0) is 12.0. The summed E-state index contributed by atoms with van der Waals surface area (Å²) in [6, 6.07) is 0.507. The summed E-state index contributed by atoms with van der Waals surface area (Å²) in [7, 11) is 0. The van der Waals surface area contributed by atoms with Crippen LogP contribution in [0.15, 0.2) is 0 Å². The van der Waals surface area contributed by atoms with Crippen LogP contribution in [0, 0.1) is 5.92 Å². The summed E-state index contributed by atoms with van der Waals surface area (Å²) in [5, 5.41) is 3.65. The number of hydrogen-bond acceptors (Lipinski definition) is 2. The van der Waals surface area contributed by atoms with Gasteiger partial charge in [-0.25, -0.2) is 0 Å². The lowest BCUT2D eigenvalue weighted by atomic mass is 9.93. The van der Waals surface area contributed by atoms with Crippen LogP contribution < -0.4 is 5.32 Å². The first-order valence-electron chi connectivity index (χ1n) is 6.97. The molecule has 0 bridgehead atoms. The molecule has 0 radical (unpaired) electrons. The van der Waals surface area contributed by atoms with Gasteiger partial charge in [0.25, 0.3) is 0 Å². The lowest BCUT2D eigenvalue weighted by Crippen LogP contribution is -2.49. The van der Waals surface area contributed by atoms with Crippen molar-refractivity contribution in [3.63, 3.8) is 0 Å². The van der Waals surface area contributed by atoms with E-state index in [-0.39, 0.29) is 5.60 Å². The predicted octanol–water partition coefficient (Wildman–Crippen LogP) is 3.36. The summed E-state index contributed by atoms with van der Waals surface area (Å²) in [5.41, 5.74) is -0.0290. The lowest BCUT2D eigenvalue weighted by molar-refractivity contribution is -0.0407. The van der Waals surface area contributed by atoms with Crippen molar-refractivity contribution < 1.29 is 4.74 Å². The molecule has 0 saturated heterocycles. The molecule has 0 aliphatic heterocycles. The van der Waals surface area contributed by atoms with E-state index in [2.05, 4.69) is 33.0 Å². The molecular formula is C14H29NO. The van der Waals surface area contributed by atoms with Crippen molar-refractivity contribution >= 4 is 0 Å². The van der Waals surface area contributed by atoms with Gasteiger partial charge < -0.3 is 10.1 Å². The van der Waals surface area contributed by atoms with Gasteiger partial charge in [0.15, 0.2) is 0 Å². The van der Waals surface area contributed by atoms with Crippen LogP contribution in [0.1, 0.15) is 59.8 Å². The smallest absolute Gasteiger partial charge is 0.0778 e. The number of rotatable bonds is 9. The molecule has 96 valence electrons. The molecule has 0 heterocycles. The van der Waals surface area contributed by atoms with Crippen LogP contribution in [0.5, 0.6) is 0 Å². The summed E-state index contributed by atoms with van der Waals surface area (Å²) in [6.07, 6.45) is 6.74. The molecule has 0 aromatic rings. The molecule has 0 aromatic carbocycles. The van der Waals surface area contributed by atoms with E-state index in [9.17, 15) is 0 Å². The van der Waals surface area contributed by atoms with E-state index >= 15 is 0 Å². The Morgan fingerprint density at radius 1 is 1.31 bits per heavy atom. The van der Waals surface area contributed by atoms with Gasteiger partial charge in [-0.15, -0.1) is 0 Å². The molecule has 1 N–H and O–H groups in total. The largest absolute Gasteiger partial charge is 0.374 e. The lowest BCUT2D eigenvalue weighted by Gasteiger charge is -2.35. The minimum atomic E-state index is -0.0290. The van der Waals surface area contributed by atoms with Gasteiger partial charge in [-0.3, -0.25) is 0 Å². The molecule has 0 spiro atoms. The van der Waals surface area contributed by atoms with Crippen LogP contribution in [-0.4, -0.2) is 24.8 Å². The Bertz CT molecular complexity index is 187. The van der Waals surface area contributed by atoms with E-state index in [1.54, 1.807) is 0 Å². The van der Waals surface area contributed by atoms with E-state index in [1.807, 2.05) is 0 Å². The van der Waals surface area contributed by atoms with E-state index in [0.717, 1.165) is 19.1 Å². The molecule has 1 rings (SSSR count). The number of ether oxygens (including phenoxy) is 1. The Kier molecular flexibility index (Phi) is 5.77. The number of nitrogens with one attached hydrogen (secondary N) is 1. The van der Waals surface area contributed by atoms with Crippen LogP contribution in [0.3, 0.4) is 0 Å². The molecule has 1 saturated carbocycles. The van der Waals surface area contributed by atoms with Gasteiger partial charge in [0.1, 0.15) is 0 Å². The molecule has 1 atom stereocenters. The van der Waals surface area contributed by atoms with Gasteiger partial charge in [-0.2, -0.15) is 0 Å². The molecular weight excluding hydrogens is 198 g/mol. The van der Waals surface area contributed by atoms with Crippen molar-refractivity contribution in [2.75, 3.05) is 13.2 Å². The van der Waals surface area contributed by atoms with Crippen LogP contribution in [0.4, 0.5) is 0 Å². The third-order valence-electron chi connectivity index (χ3n) is 3.56. The summed E-state index contributed by atoms with van der Waals surface area (Å²) in [6.45, 7) is 10.7. The van der Waals surface area contributed by atoms with Crippen molar-refractivity contribution in [3.8, 4) is 0 Å². The Balaban J connectivity index is 2.38. The average molecular weight is 227 g/mol. The Hall–Kier alpha value is -0.0800. The molecule has 1 aliphatic rings. The van der Waals surface area contributed by atoms with Gasteiger partial charge in [0.05, 0.1) is 5.60 Å². The third kappa shape index (κ3) is 4.84. The molecule has 0 amide bonds. The topological polar surface area (TPSA) is 21.3 Å². The van der Waals surface area contributed by atoms with Gasteiger partial charge in [-0.1, -0.05) is 19.8 Å². The summed E-state index contributed by atoms with van der Waals surface area (Å²) >= 11 is 0. The quantitative estimate of drug-likeness (QED) is 0.652. The van der Waals surface area contributed by atoms with Gasteiger partial charge in [-0.05, 0) is 52.5 Å². The highest BCUT2D eigenvalue weighted by atomic mass is 16.5. The maximum Gasteiger partial charge on any atom is 0.0778 e. The maximum atomic E-state index is 5.88. The third-order valence-corrected chi connectivity index (χ3v) is 3.56. The highest BCUT2D eigenvalue weighted by Gasteiger charge is 2.31. The molecule has 0 aromatic heterocycles. The zero-order valence-electron chi connectivity index (χ0n) is 11.5. The molecule has 1 aliphatic carbocycles. The summed E-state index contributed by atoms with van der Waals surface area (Å²) < 4.78 is 5.88. The first-order chi connectivity index (χ1) is 7.60. The second-order valence-corrected chi connectivity index (χ2v) is 5.56. The fraction of sp³-hybridized carbons (Fsp3) is 1.00. The van der Waals surface area contributed by atoms with Crippen LogP contribution >= 0.6 is 0 Å². The highest BCUT2D eigenvalue weighted by molar-refractivity contribution is 4.87. The molecule has 2 heteroatoms. The highest BCUT2D eigenvalue weighted by Crippen LogP contribution is 2.35. The maximum absolute atomic E-state index is 5.88. The second kappa shape index (κ2) is 6.61. The second-order valence-electron chi connectivity index (χ2n) is 5.56. The van der Waals surface area contributed by atoms with E-state index in [0.29, 0.717) is 6.04 Å². The van der Waals surface area contributed by atoms with Crippen LogP contribution in [0.2, 0.25) is 0 Å². The summed E-state index contributed by atoms with van der Waals surface area (Å²) in [4.78, 5) is 0. The van der Waals surface area contributed by atoms with Gasteiger partial charge in [0.2, 0.25) is 0 Å². The molecule has 1 unspecified atom stereocenters. The van der Waals surface area contributed by atoms with E-state index < -0.39 is 0 Å². The van der Waals surface area contributed by atoms with Crippen molar-refractivity contribution in [1.29, 1.82) is 0 Å². The normalized spacial score (nSPS) is 18.8. The van der Waals surface area contributed by atoms with Crippen molar-refractivity contribution in [2.24, 2.45) is 5.92 Å². The van der Waals surface area contributed by atoms with Crippen LogP contribution in [0.25, 0.3) is 0 Å². The number of hydrogen-bond donors (Lipinski definition) is 1. The zero-order valence-corrected chi connectivity index (χ0v) is 11.5. The first kappa shape index (κ1) is 14.0. The molecule has 2 nitrogen and oxygen atoms in total. The van der Waals surface area contributed by atoms with E-state index in [1.165, 1.54) is 32.1 Å². The molecule has 1 fully saturated rings. The minimum absolute atomic E-state index is 0.0290. The Labute approximate surface area is 101 Å². The standard InChI is InChI=1S/C14H29NO/c1-5-11-15-13(10-9-12-7-8-12)14(3,4)16-6-2/h12-13,15H,5-11H2,1-4H3. The molecule has 16 heavy (non-hydrogen) atoms. The van der Waals surface area contributed by atoms with Crippen molar-refractivity contribution in [2.45, 2.75) is 71.4 Å². The monoisotopic (exact) mass is 227 g/mol. The average Bonchev–Trinajstić information content (AvgIpc) is 3.01. The Morgan fingerprint density at radius 3 is 2.50 bits per heavy atom. The van der Waals surface area contributed by atoms with Crippen molar-refractivity contribution in [3.05, 3.63) is 0 Å². The fourth-order valence-electron chi connectivity index (χ4n) is 2.30.